The maximum atomic E-state index is 13.0. The highest BCUT2D eigenvalue weighted by atomic mass is 35.5. The average molecular weight is 401 g/mol. The van der Waals surface area contributed by atoms with E-state index in [1.54, 1.807) is 0 Å². The number of carbonyl (C=O) groups is 1. The lowest BCUT2D eigenvalue weighted by atomic mass is 9.95. The smallest absolute Gasteiger partial charge is 0.368 e. The Morgan fingerprint density at radius 3 is 2.74 bits per heavy atom. The molecule has 0 bridgehead atoms. The number of anilines is 1. The number of hydrogen-bond donors (Lipinski definition) is 2. The normalized spacial score (nSPS) is 14.7. The van der Waals surface area contributed by atoms with E-state index in [0.29, 0.717) is 18.8 Å². The zero-order valence-electron chi connectivity index (χ0n) is 14.0. The first kappa shape index (κ1) is 19.2. The third-order valence-electron chi connectivity index (χ3n) is 4.35. The van der Waals surface area contributed by atoms with Gasteiger partial charge in [0.25, 0.3) is 5.56 Å². The van der Waals surface area contributed by atoms with Gasteiger partial charge in [-0.05, 0) is 11.6 Å². The highest BCUT2D eigenvalue weighted by molar-refractivity contribution is 6.33. The van der Waals surface area contributed by atoms with Gasteiger partial charge in [-0.25, -0.2) is 5.10 Å². The minimum atomic E-state index is -4.46. The molecule has 27 heavy (non-hydrogen) atoms. The van der Waals surface area contributed by atoms with E-state index >= 15 is 0 Å². The number of amides is 1. The van der Waals surface area contributed by atoms with Crippen LogP contribution in [-0.4, -0.2) is 29.2 Å². The average Bonchev–Trinajstić information content (AvgIpc) is 2.58. The maximum absolute atomic E-state index is 13.0. The molecule has 10 heteroatoms. The molecule has 1 aliphatic rings. The summed E-state index contributed by atoms with van der Waals surface area (Å²) in [6.07, 6.45) is -2.84. The van der Waals surface area contributed by atoms with Gasteiger partial charge in [-0.15, -0.1) is 0 Å². The molecule has 2 N–H and O–H groups in total. The van der Waals surface area contributed by atoms with Gasteiger partial charge >= 0.3 is 6.18 Å². The van der Waals surface area contributed by atoms with Crippen LogP contribution in [-0.2, 0) is 17.5 Å². The number of alkyl halides is 3. The van der Waals surface area contributed by atoms with Gasteiger partial charge in [0, 0.05) is 32.0 Å². The van der Waals surface area contributed by atoms with Crippen molar-refractivity contribution in [1.82, 2.24) is 15.5 Å². The van der Waals surface area contributed by atoms with Crippen molar-refractivity contribution in [3.63, 3.8) is 0 Å². The van der Waals surface area contributed by atoms with E-state index in [1.165, 1.54) is 24.4 Å². The highest BCUT2D eigenvalue weighted by Crippen LogP contribution is 2.32. The number of rotatable bonds is 5. The van der Waals surface area contributed by atoms with Gasteiger partial charge in [-0.2, -0.15) is 18.3 Å². The van der Waals surface area contributed by atoms with Gasteiger partial charge in [-0.3, -0.25) is 9.59 Å². The van der Waals surface area contributed by atoms with Crippen LogP contribution in [0.15, 0.2) is 35.3 Å². The minimum Gasteiger partial charge on any atom is -0.368 e. The monoisotopic (exact) mass is 400 g/mol. The van der Waals surface area contributed by atoms with Crippen molar-refractivity contribution in [2.45, 2.75) is 19.1 Å². The second kappa shape index (κ2) is 7.59. The van der Waals surface area contributed by atoms with Crippen molar-refractivity contribution in [3.8, 4) is 0 Å². The molecule has 1 fully saturated rings. The fourth-order valence-electron chi connectivity index (χ4n) is 2.97. The molecule has 0 unspecified atom stereocenters. The Kier molecular flexibility index (Phi) is 5.41. The third kappa shape index (κ3) is 4.41. The fraction of sp³-hybridized carbons (Fsp3) is 0.353. The van der Waals surface area contributed by atoms with E-state index < -0.39 is 17.3 Å². The van der Waals surface area contributed by atoms with E-state index in [2.05, 4.69) is 15.5 Å². The van der Waals surface area contributed by atoms with Crippen molar-refractivity contribution in [3.05, 3.63) is 57.0 Å². The Balaban J connectivity index is 1.51. The Morgan fingerprint density at radius 2 is 2.04 bits per heavy atom. The van der Waals surface area contributed by atoms with Crippen LogP contribution in [0.3, 0.4) is 0 Å². The van der Waals surface area contributed by atoms with E-state index in [4.69, 9.17) is 11.6 Å². The Bertz CT molecular complexity index is 894. The Labute approximate surface area is 157 Å². The first-order valence-electron chi connectivity index (χ1n) is 8.15. The van der Waals surface area contributed by atoms with E-state index in [1.807, 2.05) is 4.90 Å². The fourth-order valence-corrected chi connectivity index (χ4v) is 3.18. The second-order valence-electron chi connectivity index (χ2n) is 6.31. The topological polar surface area (TPSA) is 78.1 Å². The van der Waals surface area contributed by atoms with Gasteiger partial charge in [-0.1, -0.05) is 29.8 Å². The van der Waals surface area contributed by atoms with Crippen molar-refractivity contribution in [1.29, 1.82) is 0 Å². The SMILES string of the molecule is O=C(CC1CN(c2cn[nH]c(=O)c2Cl)C1)NCc1ccccc1C(F)(F)F. The van der Waals surface area contributed by atoms with Gasteiger partial charge in [0.15, 0.2) is 0 Å². The zero-order valence-corrected chi connectivity index (χ0v) is 14.8. The first-order chi connectivity index (χ1) is 12.8. The summed E-state index contributed by atoms with van der Waals surface area (Å²) in [7, 11) is 0. The van der Waals surface area contributed by atoms with Crippen molar-refractivity contribution in [2.75, 3.05) is 18.0 Å². The van der Waals surface area contributed by atoms with Gasteiger partial charge in [0.05, 0.1) is 17.4 Å². The summed E-state index contributed by atoms with van der Waals surface area (Å²) in [5.74, 6) is -0.301. The van der Waals surface area contributed by atoms with Crippen LogP contribution in [0.1, 0.15) is 17.5 Å². The second-order valence-corrected chi connectivity index (χ2v) is 6.68. The summed E-state index contributed by atoms with van der Waals surface area (Å²) < 4.78 is 38.9. The largest absolute Gasteiger partial charge is 0.416 e. The number of carbonyl (C=O) groups excluding carboxylic acids is 1. The van der Waals surface area contributed by atoms with E-state index in [9.17, 15) is 22.8 Å². The molecule has 144 valence electrons. The minimum absolute atomic E-state index is 0.0231. The summed E-state index contributed by atoms with van der Waals surface area (Å²) in [6.45, 7) is 0.837. The Morgan fingerprint density at radius 1 is 1.33 bits per heavy atom. The molecule has 0 radical (unpaired) electrons. The third-order valence-corrected chi connectivity index (χ3v) is 4.71. The molecule has 0 aliphatic carbocycles. The van der Waals surface area contributed by atoms with Crippen LogP contribution in [0, 0.1) is 5.92 Å². The summed E-state index contributed by atoms with van der Waals surface area (Å²) in [5, 5.41) is 8.49. The molecule has 3 rings (SSSR count). The molecule has 0 saturated carbocycles. The van der Waals surface area contributed by atoms with Gasteiger partial charge in [0.2, 0.25) is 5.91 Å². The number of hydrogen-bond acceptors (Lipinski definition) is 4. The molecule has 1 aromatic carbocycles. The standard InChI is InChI=1S/C17H16ClF3N4O2/c18-15-13(7-23-24-16(15)27)25-8-10(9-25)5-14(26)22-6-11-3-1-2-4-12(11)17(19,20)21/h1-4,7,10H,5-6,8-9H2,(H,22,26)(H,24,27). The van der Waals surface area contributed by atoms with Crippen LogP contribution in [0.2, 0.25) is 5.02 Å². The predicted octanol–water partition coefficient (Wildman–Crippen LogP) is 2.58. The molecule has 2 heterocycles. The number of nitrogens with zero attached hydrogens (tertiary/aromatic N) is 2. The van der Waals surface area contributed by atoms with Gasteiger partial charge in [0.1, 0.15) is 5.02 Å². The lowest BCUT2D eigenvalue weighted by Crippen LogP contribution is -2.49. The summed E-state index contributed by atoms with van der Waals surface area (Å²) >= 11 is 5.93. The summed E-state index contributed by atoms with van der Waals surface area (Å²) in [6, 6.07) is 5.15. The van der Waals surface area contributed by atoms with Crippen LogP contribution in [0.5, 0.6) is 0 Å². The molecule has 6 nitrogen and oxygen atoms in total. The molecule has 1 amide bonds. The van der Waals surface area contributed by atoms with Crippen molar-refractivity contribution in [2.24, 2.45) is 5.92 Å². The quantitative estimate of drug-likeness (QED) is 0.808. The number of aromatic amines is 1. The number of nitrogens with one attached hydrogen (secondary N) is 2. The van der Waals surface area contributed by atoms with Crippen LogP contribution in [0.25, 0.3) is 0 Å². The number of H-pyrrole nitrogens is 1. The van der Waals surface area contributed by atoms with E-state index in [0.717, 1.165) is 6.07 Å². The molecular formula is C17H16ClF3N4O2. The molecule has 1 aliphatic heterocycles. The number of halogens is 4. The number of aromatic nitrogens is 2. The van der Waals surface area contributed by atoms with E-state index in [-0.39, 0.29) is 35.4 Å². The highest BCUT2D eigenvalue weighted by Gasteiger charge is 2.33. The maximum Gasteiger partial charge on any atom is 0.416 e. The molecule has 0 spiro atoms. The lowest BCUT2D eigenvalue weighted by molar-refractivity contribution is -0.138. The van der Waals surface area contributed by atoms with Crippen LogP contribution < -0.4 is 15.8 Å². The van der Waals surface area contributed by atoms with Crippen LogP contribution in [0.4, 0.5) is 18.9 Å². The molecule has 1 saturated heterocycles. The van der Waals surface area contributed by atoms with Crippen molar-refractivity contribution < 1.29 is 18.0 Å². The molecule has 1 aromatic heterocycles. The zero-order chi connectivity index (χ0) is 19.6. The number of benzene rings is 1. The van der Waals surface area contributed by atoms with Crippen LogP contribution >= 0.6 is 11.6 Å². The lowest BCUT2D eigenvalue weighted by Gasteiger charge is -2.40. The van der Waals surface area contributed by atoms with Gasteiger partial charge < -0.3 is 10.2 Å². The van der Waals surface area contributed by atoms with Crippen molar-refractivity contribution >= 4 is 23.2 Å². The molecule has 0 atom stereocenters. The first-order valence-corrected chi connectivity index (χ1v) is 8.53. The molecule has 2 aromatic rings. The predicted molar refractivity (Wildman–Crippen MR) is 93.5 cm³/mol. The summed E-state index contributed by atoms with van der Waals surface area (Å²) in [5.41, 5.74) is -0.721. The Hall–Kier alpha value is -2.55. The summed E-state index contributed by atoms with van der Waals surface area (Å²) in [4.78, 5) is 25.3. The molecular weight excluding hydrogens is 385 g/mol.